The Bertz CT molecular complexity index is 3820. The van der Waals surface area contributed by atoms with Gasteiger partial charge < -0.3 is 14.7 Å². The molecule has 4 heteroatoms. The van der Waals surface area contributed by atoms with Crippen LogP contribution in [-0.2, 0) is 37.9 Å². The summed E-state index contributed by atoms with van der Waals surface area (Å²) in [4.78, 5) is 8.00. The number of benzene rings is 8. The number of hydrogen-bond donors (Lipinski definition) is 0. The van der Waals surface area contributed by atoms with E-state index in [1.54, 1.807) is 0 Å². The van der Waals surface area contributed by atoms with Crippen LogP contribution in [0.5, 0.6) is 0 Å². The molecule has 392 valence electrons. The van der Waals surface area contributed by atoms with Crippen LogP contribution >= 0.6 is 0 Å². The molecule has 0 bridgehead atoms. The molecule has 0 spiro atoms. The minimum Gasteiger partial charge on any atom is -0.311 e. The van der Waals surface area contributed by atoms with Crippen molar-refractivity contribution in [2.45, 2.75) is 167 Å². The van der Waals surface area contributed by atoms with E-state index in [-0.39, 0.29) is 39.2 Å². The van der Waals surface area contributed by atoms with E-state index in [1.807, 2.05) is 0 Å². The Kier molecular flexibility index (Phi) is 10.1. The quantitative estimate of drug-likeness (QED) is 0.163. The molecular formula is C74H78BN3. The normalized spacial score (nSPS) is 19.9. The molecule has 0 radical (unpaired) electrons. The summed E-state index contributed by atoms with van der Waals surface area (Å²) in [6.07, 6.45) is 4.68. The van der Waals surface area contributed by atoms with E-state index in [2.05, 4.69) is 270 Å². The number of para-hydroxylation sites is 2. The van der Waals surface area contributed by atoms with Gasteiger partial charge in [0.05, 0.1) is 5.69 Å². The zero-order valence-corrected chi connectivity index (χ0v) is 49.2. The summed E-state index contributed by atoms with van der Waals surface area (Å²) in [5, 5.41) is 0. The van der Waals surface area contributed by atoms with E-state index in [1.165, 1.54) is 125 Å². The van der Waals surface area contributed by atoms with Gasteiger partial charge in [0.2, 0.25) is 0 Å². The molecule has 0 amide bonds. The van der Waals surface area contributed by atoms with E-state index in [4.69, 9.17) is 0 Å². The maximum Gasteiger partial charge on any atom is 0.252 e. The van der Waals surface area contributed by atoms with Crippen molar-refractivity contribution in [3.05, 3.63) is 202 Å². The van der Waals surface area contributed by atoms with Gasteiger partial charge >= 0.3 is 0 Å². The van der Waals surface area contributed by atoms with Gasteiger partial charge in [-0.25, -0.2) is 0 Å². The van der Waals surface area contributed by atoms with Crippen molar-refractivity contribution in [2.24, 2.45) is 0 Å². The second-order valence-corrected chi connectivity index (χ2v) is 29.2. The summed E-state index contributed by atoms with van der Waals surface area (Å²) >= 11 is 0. The standard InChI is InChI=1S/C74H78BN3/c1-68(2,3)45-29-32-50-51-27-22-28-60-64(51)74(15,53(50)39-45)65-57(69(4,5)6)44-63-66-67(65)78(60)61-41-49(76(46-23-18-16-19-24-46)47-25-20-17-21-26-47)31-34-58(61)75(66)59-42-55-56(73(13,14)38-37-72(55,11)12)43-62(59)77(63)48-30-33-52-54(40-48)71(9,10)36-35-70(52,7)8/h16-34,39-44H,35-38H2,1-15H3. The maximum absolute atomic E-state index is 2.77. The summed E-state index contributed by atoms with van der Waals surface area (Å²) < 4.78 is 0. The molecule has 0 saturated heterocycles. The fraction of sp³-hybridized carbons (Fsp3) is 0.351. The van der Waals surface area contributed by atoms with E-state index < -0.39 is 5.41 Å². The Morgan fingerprint density at radius 2 is 1.00 bits per heavy atom. The minimum absolute atomic E-state index is 0.0162. The highest BCUT2D eigenvalue weighted by molar-refractivity contribution is 7.00. The lowest BCUT2D eigenvalue weighted by atomic mass is 9.32. The highest BCUT2D eigenvalue weighted by Crippen LogP contribution is 2.66. The zero-order valence-electron chi connectivity index (χ0n) is 49.2. The molecule has 1 atom stereocenters. The van der Waals surface area contributed by atoms with Gasteiger partial charge in [-0.2, -0.15) is 0 Å². The first-order chi connectivity index (χ1) is 36.8. The molecule has 8 aromatic carbocycles. The van der Waals surface area contributed by atoms with Gasteiger partial charge in [0.25, 0.3) is 6.71 Å². The molecule has 78 heavy (non-hydrogen) atoms. The molecule has 0 N–H and O–H groups in total. The number of fused-ring (bicyclic) bond motifs is 12. The average Bonchev–Trinajstić information content (AvgIpc) is 1.98. The SMILES string of the molecule is CC(C)(C)c1ccc2c(c1)C1(C)c3c-2cccc3N2c3cc(N(c4ccccc4)c4ccccc4)ccc3B3c4cc5c(cc4N(c4ccc6c(c4)C(C)(C)CCC6(C)C)c4cc(C(C)(C)C)c1c2c43)C(C)(C)CCC5(C)C. The molecule has 3 aliphatic heterocycles. The van der Waals surface area contributed by atoms with Gasteiger partial charge in [-0.3, -0.25) is 0 Å². The van der Waals surface area contributed by atoms with E-state index in [9.17, 15) is 0 Å². The number of nitrogens with zero attached hydrogens (tertiary/aromatic N) is 3. The van der Waals surface area contributed by atoms with Crippen LogP contribution in [-0.4, -0.2) is 6.71 Å². The predicted molar refractivity (Wildman–Crippen MR) is 334 cm³/mol. The Labute approximate surface area is 466 Å². The van der Waals surface area contributed by atoms with Crippen LogP contribution in [0.4, 0.5) is 51.2 Å². The number of rotatable bonds is 4. The summed E-state index contributed by atoms with van der Waals surface area (Å²) in [7, 11) is 0. The Balaban J connectivity index is 1.16. The van der Waals surface area contributed by atoms with Crippen molar-refractivity contribution in [1.29, 1.82) is 0 Å². The zero-order chi connectivity index (χ0) is 54.6. The van der Waals surface area contributed by atoms with Gasteiger partial charge in [0.15, 0.2) is 0 Å². The van der Waals surface area contributed by atoms with Crippen LogP contribution in [0.15, 0.2) is 152 Å². The lowest BCUT2D eigenvalue weighted by Crippen LogP contribution is -2.63. The second kappa shape index (κ2) is 16.0. The number of anilines is 9. The van der Waals surface area contributed by atoms with Crippen LogP contribution in [0.3, 0.4) is 0 Å². The van der Waals surface area contributed by atoms with Gasteiger partial charge in [-0.15, -0.1) is 0 Å². The van der Waals surface area contributed by atoms with E-state index in [0.717, 1.165) is 29.9 Å². The van der Waals surface area contributed by atoms with Crippen LogP contribution in [0.25, 0.3) is 11.1 Å². The fourth-order valence-electron chi connectivity index (χ4n) is 15.7. The first kappa shape index (κ1) is 49.5. The molecule has 1 unspecified atom stereocenters. The Morgan fingerprint density at radius 3 is 1.62 bits per heavy atom. The third-order valence-electron chi connectivity index (χ3n) is 20.4. The third-order valence-corrected chi connectivity index (χ3v) is 20.4. The molecule has 3 aliphatic carbocycles. The molecular weight excluding hydrogens is 942 g/mol. The first-order valence-electron chi connectivity index (χ1n) is 29.3. The van der Waals surface area contributed by atoms with Gasteiger partial charge in [0.1, 0.15) is 0 Å². The van der Waals surface area contributed by atoms with Crippen molar-refractivity contribution in [2.75, 3.05) is 14.7 Å². The van der Waals surface area contributed by atoms with Crippen LogP contribution in [0, 0.1) is 0 Å². The monoisotopic (exact) mass is 1020 g/mol. The van der Waals surface area contributed by atoms with E-state index in [0.29, 0.717) is 0 Å². The largest absolute Gasteiger partial charge is 0.311 e. The van der Waals surface area contributed by atoms with Gasteiger partial charge in [0, 0.05) is 50.9 Å². The predicted octanol–water partition coefficient (Wildman–Crippen LogP) is 18.2. The first-order valence-corrected chi connectivity index (χ1v) is 29.3. The average molecular weight is 1020 g/mol. The summed E-state index contributed by atoms with van der Waals surface area (Å²) in [5.41, 5.74) is 30.8. The summed E-state index contributed by atoms with van der Waals surface area (Å²) in [6.45, 7) is 37.1. The Hall–Kier alpha value is -6.78. The van der Waals surface area contributed by atoms with E-state index >= 15 is 0 Å². The molecule has 6 aliphatic rings. The summed E-state index contributed by atoms with van der Waals surface area (Å²) in [6, 6.07) is 59.9. The van der Waals surface area contributed by atoms with Crippen LogP contribution in [0.2, 0.25) is 0 Å². The van der Waals surface area contributed by atoms with Crippen molar-refractivity contribution in [3.63, 3.8) is 0 Å². The van der Waals surface area contributed by atoms with Crippen LogP contribution in [0.1, 0.15) is 180 Å². The molecule has 0 aromatic heterocycles. The molecule has 14 rings (SSSR count). The molecule has 3 nitrogen and oxygen atoms in total. The van der Waals surface area contributed by atoms with Crippen molar-refractivity contribution in [1.82, 2.24) is 0 Å². The van der Waals surface area contributed by atoms with Crippen molar-refractivity contribution in [3.8, 4) is 11.1 Å². The van der Waals surface area contributed by atoms with Crippen molar-refractivity contribution >= 4 is 74.3 Å². The van der Waals surface area contributed by atoms with Crippen molar-refractivity contribution < 1.29 is 0 Å². The Morgan fingerprint density at radius 1 is 0.410 bits per heavy atom. The molecule has 0 saturated carbocycles. The van der Waals surface area contributed by atoms with Gasteiger partial charge in [-0.1, -0.05) is 182 Å². The summed E-state index contributed by atoms with van der Waals surface area (Å²) in [5.74, 6) is 0. The van der Waals surface area contributed by atoms with Gasteiger partial charge in [-0.05, 0) is 209 Å². The highest BCUT2D eigenvalue weighted by atomic mass is 15.2. The maximum atomic E-state index is 2.77. The number of hydrogen-bond acceptors (Lipinski definition) is 3. The molecule has 8 aromatic rings. The highest BCUT2D eigenvalue weighted by Gasteiger charge is 2.56. The second-order valence-electron chi connectivity index (χ2n) is 29.2. The fourth-order valence-corrected chi connectivity index (χ4v) is 15.7. The smallest absolute Gasteiger partial charge is 0.252 e. The lowest BCUT2D eigenvalue weighted by molar-refractivity contribution is 0.332. The lowest BCUT2D eigenvalue weighted by Gasteiger charge is -2.53. The molecule has 3 heterocycles. The third kappa shape index (κ3) is 6.77. The van der Waals surface area contributed by atoms with Crippen LogP contribution < -0.4 is 31.1 Å². The topological polar surface area (TPSA) is 9.72 Å². The minimum atomic E-state index is -0.444. The molecule has 0 fully saturated rings.